The number of hydrogen-bond acceptors (Lipinski definition) is 4. The van der Waals surface area contributed by atoms with Gasteiger partial charge in [0, 0.05) is 4.47 Å². The second-order valence-corrected chi connectivity index (χ2v) is 6.83. The zero-order valence-corrected chi connectivity index (χ0v) is 14.5. The molecule has 0 saturated heterocycles. The lowest BCUT2D eigenvalue weighted by Gasteiger charge is -2.08. The first kappa shape index (κ1) is 15.7. The molecule has 0 aliphatic heterocycles. The third kappa shape index (κ3) is 4.99. The highest BCUT2D eigenvalue weighted by atomic mass is 79.9. The summed E-state index contributed by atoms with van der Waals surface area (Å²) in [5.74, 6) is 3.16. The van der Waals surface area contributed by atoms with Gasteiger partial charge in [-0.05, 0) is 46.3 Å². The maximum absolute atomic E-state index is 10.8. The van der Waals surface area contributed by atoms with Crippen LogP contribution in [0.15, 0.2) is 31.9 Å². The molecule has 8 heteroatoms. The summed E-state index contributed by atoms with van der Waals surface area (Å²) in [6, 6.07) is 5.83. The van der Waals surface area contributed by atoms with Gasteiger partial charge in [-0.25, -0.2) is 9.89 Å². The Morgan fingerprint density at radius 1 is 1.35 bits per heavy atom. The molecule has 0 amide bonds. The molecule has 0 fully saturated rings. The number of ether oxygens (including phenoxy) is 1. The number of benzene rings is 1. The smallest absolute Gasteiger partial charge is 0.340 e. The van der Waals surface area contributed by atoms with E-state index in [1.54, 1.807) is 11.8 Å². The van der Waals surface area contributed by atoms with Crippen LogP contribution in [-0.2, 0) is 5.75 Å². The summed E-state index contributed by atoms with van der Waals surface area (Å²) in [5, 5.41) is 6.19. The zero-order chi connectivity index (χ0) is 14.4. The molecule has 0 bridgehead atoms. The fraction of sp³-hybridized carbons (Fsp3) is 0.333. The molecule has 0 aliphatic rings. The number of H-pyrrole nitrogens is 2. The highest BCUT2D eigenvalue weighted by molar-refractivity contribution is 9.11. The molecule has 0 unspecified atom stereocenters. The van der Waals surface area contributed by atoms with Gasteiger partial charge in [0.2, 0.25) is 0 Å². The van der Waals surface area contributed by atoms with Gasteiger partial charge in [-0.1, -0.05) is 15.9 Å². The maximum Gasteiger partial charge on any atom is 0.340 e. The molecule has 2 aromatic rings. The highest BCUT2D eigenvalue weighted by Gasteiger charge is 2.02. The summed E-state index contributed by atoms with van der Waals surface area (Å²) in [6.07, 6.45) is 0.932. The maximum atomic E-state index is 10.8. The lowest BCUT2D eigenvalue weighted by molar-refractivity contribution is 0.316. The second-order valence-electron chi connectivity index (χ2n) is 3.95. The average molecular weight is 423 g/mol. The van der Waals surface area contributed by atoms with Gasteiger partial charge in [-0.3, -0.25) is 4.98 Å². The molecule has 0 saturated carbocycles. The zero-order valence-electron chi connectivity index (χ0n) is 10.5. The molecule has 108 valence electrons. The normalized spacial score (nSPS) is 10.7. The predicted octanol–water partition coefficient (Wildman–Crippen LogP) is 3.33. The van der Waals surface area contributed by atoms with E-state index in [1.807, 2.05) is 18.2 Å². The highest BCUT2D eigenvalue weighted by Crippen LogP contribution is 2.28. The van der Waals surface area contributed by atoms with Crippen molar-refractivity contribution in [3.8, 4) is 5.75 Å². The summed E-state index contributed by atoms with van der Waals surface area (Å²) in [4.78, 5) is 13.4. The Morgan fingerprint density at radius 2 is 2.20 bits per heavy atom. The van der Waals surface area contributed by atoms with Gasteiger partial charge in [-0.2, -0.15) is 16.9 Å². The first-order chi connectivity index (χ1) is 9.65. The Morgan fingerprint density at radius 3 is 2.90 bits per heavy atom. The lowest BCUT2D eigenvalue weighted by Crippen LogP contribution is -2.01. The van der Waals surface area contributed by atoms with Crippen LogP contribution in [0.5, 0.6) is 5.75 Å². The summed E-state index contributed by atoms with van der Waals surface area (Å²) in [5.41, 5.74) is -0.260. The number of aromatic nitrogens is 3. The first-order valence-electron chi connectivity index (χ1n) is 5.94. The number of hydrogen-bond donors (Lipinski definition) is 2. The van der Waals surface area contributed by atoms with Gasteiger partial charge < -0.3 is 4.74 Å². The van der Waals surface area contributed by atoms with Crippen molar-refractivity contribution >= 4 is 43.6 Å². The standard InChI is InChI=1S/C12H13Br2N3O2S/c13-8-2-3-10(9(14)6-8)19-4-1-5-20-7-11-15-12(18)17-16-11/h2-3,6H,1,4-5,7H2,(H2,15,16,17,18). The van der Waals surface area contributed by atoms with Crippen molar-refractivity contribution in [2.75, 3.05) is 12.4 Å². The Labute approximate surface area is 137 Å². The van der Waals surface area contributed by atoms with Crippen LogP contribution in [0.25, 0.3) is 0 Å². The molecule has 2 rings (SSSR count). The average Bonchev–Trinajstić information content (AvgIpc) is 2.81. The molecule has 0 radical (unpaired) electrons. The SMILES string of the molecule is O=c1[nH]nc(CSCCCOc2ccc(Br)cc2Br)[nH]1. The van der Waals surface area contributed by atoms with Crippen LogP contribution < -0.4 is 10.4 Å². The van der Waals surface area contributed by atoms with Crippen molar-refractivity contribution < 1.29 is 4.74 Å². The van der Waals surface area contributed by atoms with Crippen molar-refractivity contribution in [1.29, 1.82) is 0 Å². The minimum Gasteiger partial charge on any atom is -0.492 e. The Bertz CT molecular complexity index is 615. The molecule has 0 aliphatic carbocycles. The Hall–Kier alpha value is -0.730. The Balaban J connectivity index is 1.63. The third-order valence-corrected chi connectivity index (χ3v) is 4.54. The van der Waals surface area contributed by atoms with Gasteiger partial charge >= 0.3 is 5.69 Å². The molecular formula is C12H13Br2N3O2S. The van der Waals surface area contributed by atoms with E-state index in [2.05, 4.69) is 47.0 Å². The van der Waals surface area contributed by atoms with E-state index in [0.717, 1.165) is 26.9 Å². The number of nitrogens with zero attached hydrogens (tertiary/aromatic N) is 1. The van der Waals surface area contributed by atoms with E-state index < -0.39 is 0 Å². The van der Waals surface area contributed by atoms with Crippen LogP contribution in [0.4, 0.5) is 0 Å². The molecule has 1 heterocycles. The van der Waals surface area contributed by atoms with Crippen molar-refractivity contribution in [2.24, 2.45) is 0 Å². The van der Waals surface area contributed by atoms with Crippen LogP contribution in [0.3, 0.4) is 0 Å². The van der Waals surface area contributed by atoms with E-state index in [4.69, 9.17) is 4.74 Å². The molecule has 2 N–H and O–H groups in total. The second kappa shape index (κ2) is 7.90. The van der Waals surface area contributed by atoms with Crippen molar-refractivity contribution in [1.82, 2.24) is 15.2 Å². The molecular weight excluding hydrogens is 410 g/mol. The van der Waals surface area contributed by atoms with Crippen LogP contribution in [-0.4, -0.2) is 27.5 Å². The quantitative estimate of drug-likeness (QED) is 0.671. The van der Waals surface area contributed by atoms with Crippen molar-refractivity contribution in [3.63, 3.8) is 0 Å². The summed E-state index contributed by atoms with van der Waals surface area (Å²) >= 11 is 8.57. The van der Waals surface area contributed by atoms with Gasteiger partial charge in [-0.15, -0.1) is 0 Å². The first-order valence-corrected chi connectivity index (χ1v) is 8.68. The van der Waals surface area contributed by atoms with E-state index in [-0.39, 0.29) is 5.69 Å². The molecule has 5 nitrogen and oxygen atoms in total. The van der Waals surface area contributed by atoms with E-state index >= 15 is 0 Å². The largest absolute Gasteiger partial charge is 0.492 e. The number of nitrogens with one attached hydrogen (secondary N) is 2. The fourth-order valence-corrected chi connectivity index (χ4v) is 3.44. The van der Waals surface area contributed by atoms with Crippen molar-refractivity contribution in [3.05, 3.63) is 43.5 Å². The van der Waals surface area contributed by atoms with E-state index in [0.29, 0.717) is 18.2 Å². The summed E-state index contributed by atoms with van der Waals surface area (Å²) in [7, 11) is 0. The topological polar surface area (TPSA) is 70.8 Å². The summed E-state index contributed by atoms with van der Waals surface area (Å²) < 4.78 is 7.64. The minimum absolute atomic E-state index is 0.260. The Kier molecular flexibility index (Phi) is 6.18. The number of aromatic amines is 2. The summed E-state index contributed by atoms with van der Waals surface area (Å²) in [6.45, 7) is 0.657. The van der Waals surface area contributed by atoms with Crippen molar-refractivity contribution in [2.45, 2.75) is 12.2 Å². The minimum atomic E-state index is -0.260. The van der Waals surface area contributed by atoms with Crippen LogP contribution >= 0.6 is 43.6 Å². The number of halogens is 2. The van der Waals surface area contributed by atoms with Crippen LogP contribution in [0.1, 0.15) is 12.2 Å². The van der Waals surface area contributed by atoms with Crippen LogP contribution in [0.2, 0.25) is 0 Å². The van der Waals surface area contributed by atoms with Gasteiger partial charge in [0.25, 0.3) is 0 Å². The monoisotopic (exact) mass is 421 g/mol. The predicted molar refractivity (Wildman–Crippen MR) is 87.3 cm³/mol. The third-order valence-electron chi connectivity index (χ3n) is 2.37. The van der Waals surface area contributed by atoms with Gasteiger partial charge in [0.15, 0.2) is 0 Å². The molecule has 0 spiro atoms. The van der Waals surface area contributed by atoms with E-state index in [1.165, 1.54) is 0 Å². The molecule has 1 aromatic carbocycles. The van der Waals surface area contributed by atoms with E-state index in [9.17, 15) is 4.79 Å². The number of rotatable bonds is 7. The molecule has 1 aromatic heterocycles. The van der Waals surface area contributed by atoms with Gasteiger partial charge in [0.05, 0.1) is 16.8 Å². The fourth-order valence-electron chi connectivity index (χ4n) is 1.48. The lowest BCUT2D eigenvalue weighted by atomic mass is 10.3. The van der Waals surface area contributed by atoms with Crippen LogP contribution in [0, 0.1) is 0 Å². The number of thioether (sulfide) groups is 1. The molecule has 0 atom stereocenters. The molecule has 20 heavy (non-hydrogen) atoms. The van der Waals surface area contributed by atoms with Gasteiger partial charge in [0.1, 0.15) is 11.6 Å².